The molecule has 0 radical (unpaired) electrons. The van der Waals surface area contributed by atoms with Gasteiger partial charge in [-0.25, -0.2) is 9.59 Å². The van der Waals surface area contributed by atoms with Crippen molar-refractivity contribution in [2.75, 3.05) is 0 Å². The topological polar surface area (TPSA) is 52.6 Å². The molecule has 0 aliphatic carbocycles. The number of fused-ring (bicyclic) bond motifs is 6. The molecule has 0 amide bonds. The summed E-state index contributed by atoms with van der Waals surface area (Å²) >= 11 is 7.51. The van der Waals surface area contributed by atoms with E-state index < -0.39 is 11.9 Å². The van der Waals surface area contributed by atoms with Crippen LogP contribution in [0.25, 0.3) is 75.8 Å². The summed E-state index contributed by atoms with van der Waals surface area (Å²) in [6, 6.07) is 55.4. The fourth-order valence-corrected chi connectivity index (χ4v) is 8.64. The predicted molar refractivity (Wildman–Crippen MR) is 235 cm³/mol. The Morgan fingerprint density at radius 2 is 0.696 bits per heavy atom. The Morgan fingerprint density at radius 1 is 0.339 bits per heavy atom. The molecule has 0 N–H and O–H groups in total. The molecule has 0 atom stereocenters. The average Bonchev–Trinajstić information content (AvgIpc) is 3.23. The normalized spacial score (nSPS) is 11.5. The lowest BCUT2D eigenvalue weighted by Crippen LogP contribution is -2.10. The monoisotopic (exact) mass is 850 g/mol. The Bertz CT molecular complexity index is 3060. The van der Waals surface area contributed by atoms with Gasteiger partial charge < -0.3 is 9.47 Å². The highest BCUT2D eigenvalue weighted by molar-refractivity contribution is 9.10. The van der Waals surface area contributed by atoms with Gasteiger partial charge in [-0.1, -0.05) is 141 Å². The van der Waals surface area contributed by atoms with Gasteiger partial charge in [0.2, 0.25) is 0 Å². The van der Waals surface area contributed by atoms with Gasteiger partial charge in [0.1, 0.15) is 11.5 Å². The SMILES string of the molecule is O=C(Oc1c2ccccc2c(-c2c3ccccc3c(OC(=O)c3ccc4ccccc4c3)c3ccc(Br)cc23)c2cc(Br)ccc12)c1ccc2ccccc2c1. The first kappa shape index (κ1) is 34.2. The Morgan fingerprint density at radius 3 is 1.12 bits per heavy atom. The van der Waals surface area contributed by atoms with E-state index in [0.717, 1.165) is 84.7 Å². The molecule has 10 aromatic rings. The number of halogens is 2. The van der Waals surface area contributed by atoms with Crippen LogP contribution in [0.5, 0.6) is 11.5 Å². The fourth-order valence-electron chi connectivity index (χ4n) is 7.92. The maximum Gasteiger partial charge on any atom is 0.343 e. The summed E-state index contributed by atoms with van der Waals surface area (Å²) in [5.74, 6) is 0.104. The van der Waals surface area contributed by atoms with Crippen LogP contribution in [-0.2, 0) is 0 Å². The maximum absolute atomic E-state index is 14.0. The van der Waals surface area contributed by atoms with Gasteiger partial charge >= 0.3 is 11.9 Å². The maximum atomic E-state index is 14.0. The van der Waals surface area contributed by atoms with Crippen molar-refractivity contribution in [2.45, 2.75) is 0 Å². The first-order valence-electron chi connectivity index (χ1n) is 18.1. The molecular weight excluding hydrogens is 824 g/mol. The van der Waals surface area contributed by atoms with Crippen molar-refractivity contribution in [3.63, 3.8) is 0 Å². The second kappa shape index (κ2) is 13.7. The Kier molecular flexibility index (Phi) is 8.39. The summed E-state index contributed by atoms with van der Waals surface area (Å²) in [6.07, 6.45) is 0. The van der Waals surface area contributed by atoms with Gasteiger partial charge in [-0.05, 0) is 115 Å². The van der Waals surface area contributed by atoms with E-state index >= 15 is 0 Å². The molecule has 0 unspecified atom stereocenters. The number of ether oxygens (including phenoxy) is 2. The van der Waals surface area contributed by atoms with E-state index in [4.69, 9.17) is 9.47 Å². The van der Waals surface area contributed by atoms with Crippen LogP contribution in [0.1, 0.15) is 20.7 Å². The van der Waals surface area contributed by atoms with Crippen molar-refractivity contribution < 1.29 is 19.1 Å². The molecule has 0 bridgehead atoms. The summed E-state index contributed by atoms with van der Waals surface area (Å²) < 4.78 is 14.6. The quantitative estimate of drug-likeness (QED) is 0.0983. The van der Waals surface area contributed by atoms with Gasteiger partial charge in [0.25, 0.3) is 0 Å². The third kappa shape index (κ3) is 5.81. The third-order valence-electron chi connectivity index (χ3n) is 10.5. The molecule has 0 heterocycles. The number of benzene rings is 10. The van der Waals surface area contributed by atoms with Crippen LogP contribution in [0.2, 0.25) is 0 Å². The van der Waals surface area contributed by atoms with Crippen molar-refractivity contribution >= 4 is 108 Å². The number of rotatable bonds is 5. The molecule has 0 saturated heterocycles. The van der Waals surface area contributed by atoms with Crippen LogP contribution < -0.4 is 9.47 Å². The summed E-state index contributed by atoms with van der Waals surface area (Å²) in [5.41, 5.74) is 2.87. The van der Waals surface area contributed by atoms with E-state index in [9.17, 15) is 9.59 Å². The molecule has 4 nitrogen and oxygen atoms in total. The molecule has 10 rings (SSSR count). The van der Waals surface area contributed by atoms with Gasteiger partial charge in [-0.15, -0.1) is 0 Å². The van der Waals surface area contributed by atoms with Crippen molar-refractivity contribution in [3.8, 4) is 22.6 Å². The van der Waals surface area contributed by atoms with Gasteiger partial charge in [-0.2, -0.15) is 0 Å². The molecule has 10 aromatic carbocycles. The molecule has 0 aromatic heterocycles. The van der Waals surface area contributed by atoms with Crippen molar-refractivity contribution in [1.29, 1.82) is 0 Å². The minimum Gasteiger partial charge on any atom is -0.422 e. The van der Waals surface area contributed by atoms with E-state index in [1.54, 1.807) is 0 Å². The van der Waals surface area contributed by atoms with E-state index in [0.29, 0.717) is 22.6 Å². The van der Waals surface area contributed by atoms with Gasteiger partial charge in [-0.3, -0.25) is 0 Å². The molecule has 0 saturated carbocycles. The minimum atomic E-state index is -0.435. The molecule has 56 heavy (non-hydrogen) atoms. The molecule has 0 aliphatic rings. The van der Waals surface area contributed by atoms with E-state index in [1.807, 2.05) is 146 Å². The predicted octanol–water partition coefficient (Wildman–Crippen LogP) is 14.2. The van der Waals surface area contributed by atoms with Crippen LogP contribution >= 0.6 is 31.9 Å². The molecule has 6 heteroatoms. The Balaban J connectivity index is 1.21. The zero-order valence-electron chi connectivity index (χ0n) is 29.6. The van der Waals surface area contributed by atoms with E-state index in [1.165, 1.54) is 0 Å². The zero-order chi connectivity index (χ0) is 37.9. The first-order chi connectivity index (χ1) is 27.4. The summed E-state index contributed by atoms with van der Waals surface area (Å²) in [4.78, 5) is 27.9. The lowest BCUT2D eigenvalue weighted by molar-refractivity contribution is 0.0730. The highest BCUT2D eigenvalue weighted by Crippen LogP contribution is 2.51. The molecule has 0 fully saturated rings. The number of hydrogen-bond acceptors (Lipinski definition) is 4. The number of carbonyl (C=O) groups is 2. The van der Waals surface area contributed by atoms with Crippen LogP contribution in [0.4, 0.5) is 0 Å². The number of hydrogen-bond donors (Lipinski definition) is 0. The van der Waals surface area contributed by atoms with Crippen LogP contribution in [0.15, 0.2) is 179 Å². The number of carbonyl (C=O) groups excluding carboxylic acids is 2. The second-order valence-electron chi connectivity index (χ2n) is 13.8. The van der Waals surface area contributed by atoms with E-state index in [2.05, 4.69) is 56.1 Å². The second-order valence-corrected chi connectivity index (χ2v) is 15.6. The lowest BCUT2D eigenvalue weighted by atomic mass is 9.85. The van der Waals surface area contributed by atoms with Crippen molar-refractivity contribution in [3.05, 3.63) is 190 Å². The third-order valence-corrected chi connectivity index (χ3v) is 11.5. The van der Waals surface area contributed by atoms with Crippen LogP contribution in [-0.4, -0.2) is 11.9 Å². The largest absolute Gasteiger partial charge is 0.422 e. The average molecular weight is 853 g/mol. The number of esters is 2. The Labute approximate surface area is 338 Å². The highest BCUT2D eigenvalue weighted by atomic mass is 79.9. The summed E-state index contributed by atoms with van der Waals surface area (Å²) in [6.45, 7) is 0. The standard InChI is InChI=1S/C50H28Br2O4/c51-35-21-23-41-43(27-35)45(37-13-5-7-15-39(37)47(41)55-49(53)33-19-17-29-9-1-3-11-31(29)25-33)46-38-14-6-8-16-40(38)48(42-24-22-36(52)28-44(42)46)56-50(54)34-20-18-30-10-2-4-12-32(30)26-34/h1-28H. The smallest absolute Gasteiger partial charge is 0.343 e. The molecular formula is C50H28Br2O4. The van der Waals surface area contributed by atoms with Crippen molar-refractivity contribution in [2.24, 2.45) is 0 Å². The Hall–Kier alpha value is -6.34. The minimum absolute atomic E-state index is 0.435. The van der Waals surface area contributed by atoms with Gasteiger partial charge in [0.05, 0.1) is 11.1 Å². The van der Waals surface area contributed by atoms with Gasteiger partial charge in [0.15, 0.2) is 0 Å². The molecule has 0 spiro atoms. The summed E-state index contributed by atoms with van der Waals surface area (Å²) in [7, 11) is 0. The highest BCUT2D eigenvalue weighted by Gasteiger charge is 2.25. The van der Waals surface area contributed by atoms with Crippen molar-refractivity contribution in [1.82, 2.24) is 0 Å². The first-order valence-corrected chi connectivity index (χ1v) is 19.7. The fraction of sp³-hybridized carbons (Fsp3) is 0. The van der Waals surface area contributed by atoms with E-state index in [-0.39, 0.29) is 0 Å². The zero-order valence-corrected chi connectivity index (χ0v) is 32.7. The lowest BCUT2D eigenvalue weighted by Gasteiger charge is -2.21. The van der Waals surface area contributed by atoms with Crippen LogP contribution in [0.3, 0.4) is 0 Å². The summed E-state index contributed by atoms with van der Waals surface area (Å²) in [5, 5.41) is 10.8. The van der Waals surface area contributed by atoms with Gasteiger partial charge in [0, 0.05) is 30.5 Å². The van der Waals surface area contributed by atoms with Crippen LogP contribution in [0, 0.1) is 0 Å². The molecule has 0 aliphatic heterocycles. The molecule has 266 valence electrons.